The van der Waals surface area contributed by atoms with Crippen molar-refractivity contribution in [3.8, 4) is 5.75 Å². The van der Waals surface area contributed by atoms with Gasteiger partial charge in [-0.25, -0.2) is 0 Å². The molecule has 0 saturated carbocycles. The predicted octanol–water partition coefficient (Wildman–Crippen LogP) is 3.48. The number of aryl methyl sites for hydroxylation is 1. The summed E-state index contributed by atoms with van der Waals surface area (Å²) in [5.41, 5.74) is -0.202. The van der Waals surface area contributed by atoms with Crippen LogP contribution >= 0.6 is 0 Å². The molecule has 26 heavy (non-hydrogen) atoms. The standard InChI is InChI=1S/C18H22F3NO4/c1-12(2)17(16(24)25)9-10-22(11-17)15(23)8-5-13-3-6-14(7-4-13)26-18(19,20)21/h3-4,6-7,12H,5,8-11H2,1-2H3,(H,24,25). The third-order valence-electron chi connectivity index (χ3n) is 4.97. The van der Waals surface area contributed by atoms with Crippen LogP contribution in [-0.4, -0.2) is 41.3 Å². The number of hydrogen-bond acceptors (Lipinski definition) is 3. The number of carboxylic acids is 1. The first-order valence-corrected chi connectivity index (χ1v) is 8.39. The molecule has 0 aliphatic carbocycles. The molecule has 1 amide bonds. The van der Waals surface area contributed by atoms with Gasteiger partial charge in [0, 0.05) is 19.5 Å². The zero-order valence-corrected chi connectivity index (χ0v) is 14.7. The molecule has 8 heteroatoms. The first kappa shape index (κ1) is 20.1. The summed E-state index contributed by atoms with van der Waals surface area (Å²) >= 11 is 0. The molecule has 0 radical (unpaired) electrons. The Morgan fingerprint density at radius 3 is 2.35 bits per heavy atom. The third kappa shape index (κ3) is 4.68. The molecule has 1 N–H and O–H groups in total. The van der Waals surface area contributed by atoms with Crippen LogP contribution in [0.5, 0.6) is 5.75 Å². The fourth-order valence-corrected chi connectivity index (χ4v) is 3.21. The highest BCUT2D eigenvalue weighted by molar-refractivity contribution is 5.81. The van der Waals surface area contributed by atoms with Crippen molar-refractivity contribution in [2.45, 2.75) is 39.5 Å². The second-order valence-corrected chi connectivity index (χ2v) is 6.87. The Morgan fingerprint density at radius 1 is 1.27 bits per heavy atom. The van der Waals surface area contributed by atoms with Gasteiger partial charge in [0.15, 0.2) is 0 Å². The van der Waals surface area contributed by atoms with Crippen molar-refractivity contribution in [2.24, 2.45) is 11.3 Å². The van der Waals surface area contributed by atoms with Crippen molar-refractivity contribution in [2.75, 3.05) is 13.1 Å². The van der Waals surface area contributed by atoms with Crippen molar-refractivity contribution < 1.29 is 32.6 Å². The minimum absolute atomic E-state index is 0.0843. The number of alkyl halides is 3. The number of aliphatic carboxylic acids is 1. The number of benzene rings is 1. The molecule has 1 aliphatic rings. The Kier molecular flexibility index (Phi) is 5.83. The fourth-order valence-electron chi connectivity index (χ4n) is 3.21. The van der Waals surface area contributed by atoms with Gasteiger partial charge in [0.05, 0.1) is 5.41 Å². The van der Waals surface area contributed by atoms with Gasteiger partial charge < -0.3 is 14.7 Å². The molecular weight excluding hydrogens is 351 g/mol. The van der Waals surface area contributed by atoms with Gasteiger partial charge in [-0.1, -0.05) is 26.0 Å². The SMILES string of the molecule is CC(C)C1(C(=O)O)CCN(C(=O)CCc2ccc(OC(F)(F)F)cc2)C1. The molecule has 1 unspecified atom stereocenters. The minimum Gasteiger partial charge on any atom is -0.481 e. The Bertz CT molecular complexity index is 657. The van der Waals surface area contributed by atoms with E-state index in [2.05, 4.69) is 4.74 Å². The molecule has 2 rings (SSSR count). The van der Waals surface area contributed by atoms with Crippen molar-refractivity contribution in [1.29, 1.82) is 0 Å². The maximum atomic E-state index is 12.4. The number of halogens is 3. The molecule has 0 spiro atoms. The van der Waals surface area contributed by atoms with E-state index in [0.717, 1.165) is 0 Å². The van der Waals surface area contributed by atoms with Gasteiger partial charge in [-0.05, 0) is 36.5 Å². The van der Waals surface area contributed by atoms with Crippen LogP contribution in [0.2, 0.25) is 0 Å². The lowest BCUT2D eigenvalue weighted by Gasteiger charge is -2.28. The molecular formula is C18H22F3NO4. The summed E-state index contributed by atoms with van der Waals surface area (Å²) < 4.78 is 40.2. The van der Waals surface area contributed by atoms with Gasteiger partial charge in [0.25, 0.3) is 0 Å². The van der Waals surface area contributed by atoms with Crippen LogP contribution in [0, 0.1) is 11.3 Å². The molecule has 1 saturated heterocycles. The summed E-state index contributed by atoms with van der Waals surface area (Å²) in [6.45, 7) is 4.28. The van der Waals surface area contributed by atoms with Crippen LogP contribution in [0.4, 0.5) is 13.2 Å². The average Bonchev–Trinajstić information content (AvgIpc) is 2.99. The fraction of sp³-hybridized carbons (Fsp3) is 0.556. The normalized spacial score (nSPS) is 20.5. The molecule has 1 aromatic carbocycles. The Balaban J connectivity index is 1.90. The van der Waals surface area contributed by atoms with E-state index < -0.39 is 17.7 Å². The van der Waals surface area contributed by atoms with Crippen molar-refractivity contribution >= 4 is 11.9 Å². The third-order valence-corrected chi connectivity index (χ3v) is 4.97. The number of likely N-dealkylation sites (tertiary alicyclic amines) is 1. The van der Waals surface area contributed by atoms with E-state index in [0.29, 0.717) is 24.9 Å². The smallest absolute Gasteiger partial charge is 0.481 e. The summed E-state index contributed by atoms with van der Waals surface area (Å²) in [5, 5.41) is 9.52. The van der Waals surface area contributed by atoms with Crippen LogP contribution in [0.15, 0.2) is 24.3 Å². The minimum atomic E-state index is -4.74. The molecule has 1 atom stereocenters. The summed E-state index contributed by atoms with van der Waals surface area (Å²) in [6.07, 6.45) is -3.77. The number of amides is 1. The van der Waals surface area contributed by atoms with E-state index in [1.165, 1.54) is 24.3 Å². The first-order chi connectivity index (χ1) is 12.0. The molecule has 1 heterocycles. The molecule has 1 fully saturated rings. The number of nitrogens with zero attached hydrogens (tertiary/aromatic N) is 1. The number of carbonyl (C=O) groups is 2. The molecule has 1 aliphatic heterocycles. The number of ether oxygens (including phenoxy) is 1. The monoisotopic (exact) mass is 373 g/mol. The zero-order valence-electron chi connectivity index (χ0n) is 14.7. The molecule has 0 bridgehead atoms. The quantitative estimate of drug-likeness (QED) is 0.829. The highest BCUT2D eigenvalue weighted by atomic mass is 19.4. The highest BCUT2D eigenvalue weighted by Crippen LogP contribution is 2.38. The van der Waals surface area contributed by atoms with Crippen LogP contribution in [0.1, 0.15) is 32.3 Å². The average molecular weight is 373 g/mol. The van der Waals surface area contributed by atoms with Crippen LogP contribution in [0.25, 0.3) is 0 Å². The van der Waals surface area contributed by atoms with Crippen molar-refractivity contribution in [1.82, 2.24) is 4.90 Å². The van der Waals surface area contributed by atoms with Crippen molar-refractivity contribution in [3.63, 3.8) is 0 Å². The highest BCUT2D eigenvalue weighted by Gasteiger charge is 2.48. The Labute approximate surface area is 149 Å². The zero-order chi connectivity index (χ0) is 19.5. The van der Waals surface area contributed by atoms with E-state index in [9.17, 15) is 27.9 Å². The number of rotatable bonds is 6. The van der Waals surface area contributed by atoms with Gasteiger partial charge in [0.2, 0.25) is 5.91 Å². The van der Waals surface area contributed by atoms with Gasteiger partial charge in [0.1, 0.15) is 5.75 Å². The Morgan fingerprint density at radius 2 is 1.88 bits per heavy atom. The summed E-state index contributed by atoms with van der Waals surface area (Å²) in [6, 6.07) is 5.37. The summed E-state index contributed by atoms with van der Waals surface area (Å²) in [4.78, 5) is 25.5. The Hall–Kier alpha value is -2.25. The van der Waals surface area contributed by atoms with Crippen molar-refractivity contribution in [3.05, 3.63) is 29.8 Å². The van der Waals surface area contributed by atoms with Gasteiger partial charge in [-0.2, -0.15) is 0 Å². The van der Waals surface area contributed by atoms with Gasteiger partial charge >= 0.3 is 12.3 Å². The van der Waals surface area contributed by atoms with E-state index in [4.69, 9.17) is 0 Å². The van der Waals surface area contributed by atoms with Crippen LogP contribution in [0.3, 0.4) is 0 Å². The predicted molar refractivity (Wildman–Crippen MR) is 87.5 cm³/mol. The van der Waals surface area contributed by atoms with Gasteiger partial charge in [-0.15, -0.1) is 13.2 Å². The van der Waals surface area contributed by atoms with Crippen LogP contribution < -0.4 is 4.74 Å². The second kappa shape index (κ2) is 7.55. The number of carbonyl (C=O) groups excluding carboxylic acids is 1. The van der Waals surface area contributed by atoms with E-state index in [1.54, 1.807) is 4.90 Å². The number of hydrogen-bond donors (Lipinski definition) is 1. The molecule has 0 aromatic heterocycles. The summed E-state index contributed by atoms with van der Waals surface area (Å²) in [7, 11) is 0. The van der Waals surface area contributed by atoms with E-state index in [-0.39, 0.29) is 30.5 Å². The second-order valence-electron chi connectivity index (χ2n) is 6.87. The topological polar surface area (TPSA) is 66.8 Å². The lowest BCUT2D eigenvalue weighted by molar-refractivity contribution is -0.274. The lowest BCUT2D eigenvalue weighted by Crippen LogP contribution is -2.40. The van der Waals surface area contributed by atoms with Crippen LogP contribution in [-0.2, 0) is 16.0 Å². The maximum absolute atomic E-state index is 12.4. The van der Waals surface area contributed by atoms with E-state index >= 15 is 0 Å². The maximum Gasteiger partial charge on any atom is 0.573 e. The summed E-state index contributed by atoms with van der Waals surface area (Å²) in [5.74, 6) is -1.43. The molecule has 1 aromatic rings. The molecule has 144 valence electrons. The van der Waals surface area contributed by atoms with E-state index in [1.807, 2.05) is 13.8 Å². The lowest BCUT2D eigenvalue weighted by atomic mass is 9.76. The number of carboxylic acid groups (broad SMARTS) is 1. The van der Waals surface area contributed by atoms with Gasteiger partial charge in [-0.3, -0.25) is 9.59 Å². The first-order valence-electron chi connectivity index (χ1n) is 8.39. The molecule has 5 nitrogen and oxygen atoms in total. The largest absolute Gasteiger partial charge is 0.573 e.